The monoisotopic (exact) mass is 236 g/mol. The van der Waals surface area contributed by atoms with Crippen molar-refractivity contribution in [2.45, 2.75) is 13.3 Å². The molecule has 0 radical (unpaired) electrons. The molecule has 5 heteroatoms. The molecular weight excluding hydrogens is 230 g/mol. The van der Waals surface area contributed by atoms with Gasteiger partial charge in [0.1, 0.15) is 5.69 Å². The normalized spacial score (nSPS) is 10.8. The van der Waals surface area contributed by atoms with Crippen LogP contribution in [0.5, 0.6) is 0 Å². The lowest BCUT2D eigenvalue weighted by atomic mass is 10.3. The minimum Gasteiger partial charge on any atom is -0.396 e. The summed E-state index contributed by atoms with van der Waals surface area (Å²) in [5, 5.41) is 0. The van der Waals surface area contributed by atoms with Gasteiger partial charge in [-0.2, -0.15) is 0 Å². The second-order valence-electron chi connectivity index (χ2n) is 2.33. The fourth-order valence-corrected chi connectivity index (χ4v) is 1.30. The quantitative estimate of drug-likeness (QED) is 0.815. The number of hydrogen-bond acceptors (Lipinski definition) is 2. The molecule has 0 unspecified atom stereocenters. The van der Waals surface area contributed by atoms with Gasteiger partial charge in [0.2, 0.25) is 0 Å². The van der Waals surface area contributed by atoms with E-state index in [4.69, 9.17) is 5.73 Å². The van der Waals surface area contributed by atoms with Crippen LogP contribution in [0.3, 0.4) is 0 Å². The summed E-state index contributed by atoms with van der Waals surface area (Å²) in [6.07, 6.45) is -2.56. The molecule has 0 aromatic carbocycles. The number of nitrogens with two attached hydrogens (primary N) is 1. The maximum absolute atomic E-state index is 12.1. The molecule has 1 aromatic rings. The number of hydrogen-bond donors (Lipinski definition) is 1. The highest BCUT2D eigenvalue weighted by Crippen LogP contribution is 2.26. The number of anilines is 1. The van der Waals surface area contributed by atoms with E-state index in [1.807, 2.05) is 0 Å². The van der Waals surface area contributed by atoms with Gasteiger partial charge in [-0.05, 0) is 28.9 Å². The zero-order chi connectivity index (χ0) is 9.30. The SMILES string of the molecule is Cc1nc(C(F)F)cc(Br)c1N. The lowest BCUT2D eigenvalue weighted by Gasteiger charge is -2.05. The molecule has 1 heterocycles. The van der Waals surface area contributed by atoms with Crippen molar-refractivity contribution in [1.82, 2.24) is 4.98 Å². The molecule has 0 saturated carbocycles. The summed E-state index contributed by atoms with van der Waals surface area (Å²) < 4.78 is 24.7. The van der Waals surface area contributed by atoms with Crippen molar-refractivity contribution >= 4 is 21.6 Å². The van der Waals surface area contributed by atoms with Crippen LogP contribution in [0.4, 0.5) is 14.5 Å². The van der Waals surface area contributed by atoms with E-state index in [1.165, 1.54) is 6.07 Å². The summed E-state index contributed by atoms with van der Waals surface area (Å²) >= 11 is 3.07. The van der Waals surface area contributed by atoms with Crippen LogP contribution in [0, 0.1) is 6.92 Å². The van der Waals surface area contributed by atoms with E-state index >= 15 is 0 Å². The highest BCUT2D eigenvalue weighted by Gasteiger charge is 2.12. The van der Waals surface area contributed by atoms with Gasteiger partial charge in [-0.1, -0.05) is 0 Å². The molecule has 2 nitrogen and oxygen atoms in total. The second-order valence-corrected chi connectivity index (χ2v) is 3.18. The Morgan fingerprint density at radius 2 is 2.17 bits per heavy atom. The molecule has 0 aliphatic heterocycles. The van der Waals surface area contributed by atoms with Gasteiger partial charge in [0.05, 0.1) is 11.4 Å². The predicted molar refractivity (Wildman–Crippen MR) is 46.0 cm³/mol. The smallest absolute Gasteiger partial charge is 0.280 e. The Morgan fingerprint density at radius 1 is 1.58 bits per heavy atom. The van der Waals surface area contributed by atoms with Crippen LogP contribution in [0.25, 0.3) is 0 Å². The van der Waals surface area contributed by atoms with E-state index in [0.717, 1.165) is 0 Å². The summed E-state index contributed by atoms with van der Waals surface area (Å²) in [5.74, 6) is 0. The van der Waals surface area contributed by atoms with Crippen LogP contribution in [0.1, 0.15) is 17.8 Å². The summed E-state index contributed by atoms with van der Waals surface area (Å²) in [5.41, 5.74) is 6.06. The van der Waals surface area contributed by atoms with Crippen molar-refractivity contribution < 1.29 is 8.78 Å². The first-order chi connectivity index (χ1) is 5.52. The molecule has 12 heavy (non-hydrogen) atoms. The fourth-order valence-electron chi connectivity index (χ4n) is 0.778. The molecule has 2 N–H and O–H groups in total. The molecule has 0 fully saturated rings. The van der Waals surface area contributed by atoms with Crippen molar-refractivity contribution in [3.8, 4) is 0 Å². The van der Waals surface area contributed by atoms with Crippen LogP contribution in [-0.4, -0.2) is 4.98 Å². The number of aryl methyl sites for hydroxylation is 1. The molecule has 66 valence electrons. The Kier molecular flexibility index (Phi) is 2.62. The Morgan fingerprint density at radius 3 is 2.58 bits per heavy atom. The van der Waals surface area contributed by atoms with E-state index in [2.05, 4.69) is 20.9 Å². The summed E-state index contributed by atoms with van der Waals surface area (Å²) in [4.78, 5) is 3.63. The predicted octanol–water partition coefficient (Wildman–Crippen LogP) is 2.67. The minimum atomic E-state index is -2.56. The van der Waals surface area contributed by atoms with Gasteiger partial charge >= 0.3 is 0 Å². The number of alkyl halides is 2. The number of nitrogen functional groups attached to an aromatic ring is 1. The highest BCUT2D eigenvalue weighted by molar-refractivity contribution is 9.10. The average Bonchev–Trinajstić information content (AvgIpc) is 1.99. The van der Waals surface area contributed by atoms with E-state index in [1.54, 1.807) is 6.92 Å². The molecule has 0 amide bonds. The van der Waals surface area contributed by atoms with Gasteiger partial charge in [0, 0.05) is 4.47 Å². The van der Waals surface area contributed by atoms with Crippen molar-refractivity contribution in [3.05, 3.63) is 21.9 Å². The molecular formula is C7H7BrF2N2. The van der Waals surface area contributed by atoms with Crippen molar-refractivity contribution in [2.75, 3.05) is 5.73 Å². The van der Waals surface area contributed by atoms with Crippen molar-refractivity contribution in [3.63, 3.8) is 0 Å². The molecule has 0 spiro atoms. The number of halogens is 3. The van der Waals surface area contributed by atoms with E-state index in [-0.39, 0.29) is 5.69 Å². The zero-order valence-corrected chi connectivity index (χ0v) is 7.90. The van der Waals surface area contributed by atoms with Crippen LogP contribution in [-0.2, 0) is 0 Å². The van der Waals surface area contributed by atoms with Gasteiger partial charge in [-0.25, -0.2) is 13.8 Å². The Labute approximate surface area is 76.9 Å². The lowest BCUT2D eigenvalue weighted by Crippen LogP contribution is -1.99. The Hall–Kier alpha value is -0.710. The van der Waals surface area contributed by atoms with Gasteiger partial charge in [-0.3, -0.25) is 0 Å². The maximum Gasteiger partial charge on any atom is 0.280 e. The second kappa shape index (κ2) is 3.35. The molecule has 0 bridgehead atoms. The molecule has 0 atom stereocenters. The van der Waals surface area contributed by atoms with Crippen LogP contribution in [0.15, 0.2) is 10.5 Å². The highest BCUT2D eigenvalue weighted by atomic mass is 79.9. The number of pyridine rings is 1. The molecule has 0 saturated heterocycles. The van der Waals surface area contributed by atoms with E-state index in [0.29, 0.717) is 15.9 Å². The number of nitrogens with zero attached hydrogens (tertiary/aromatic N) is 1. The maximum atomic E-state index is 12.1. The number of aromatic nitrogens is 1. The van der Waals surface area contributed by atoms with Crippen LogP contribution in [0.2, 0.25) is 0 Å². The third kappa shape index (κ3) is 1.72. The standard InChI is InChI=1S/C7H7BrF2N2/c1-3-6(11)4(8)2-5(12-3)7(9)10/h2,7H,11H2,1H3. The van der Waals surface area contributed by atoms with Crippen molar-refractivity contribution in [2.24, 2.45) is 0 Å². The zero-order valence-electron chi connectivity index (χ0n) is 6.31. The first kappa shape index (κ1) is 9.38. The van der Waals surface area contributed by atoms with Crippen LogP contribution < -0.4 is 5.73 Å². The molecule has 1 rings (SSSR count). The third-order valence-corrected chi connectivity index (χ3v) is 2.10. The van der Waals surface area contributed by atoms with Gasteiger partial charge in [-0.15, -0.1) is 0 Å². The van der Waals surface area contributed by atoms with Crippen LogP contribution >= 0.6 is 15.9 Å². The largest absolute Gasteiger partial charge is 0.396 e. The minimum absolute atomic E-state index is 0.256. The molecule has 1 aromatic heterocycles. The summed E-state index contributed by atoms with van der Waals surface area (Å²) in [6.45, 7) is 1.59. The van der Waals surface area contributed by atoms with E-state index < -0.39 is 6.43 Å². The van der Waals surface area contributed by atoms with Gasteiger partial charge < -0.3 is 5.73 Å². The molecule has 0 aliphatic carbocycles. The first-order valence-corrected chi connectivity index (χ1v) is 4.02. The van der Waals surface area contributed by atoms with Gasteiger partial charge in [0.25, 0.3) is 6.43 Å². The van der Waals surface area contributed by atoms with E-state index in [9.17, 15) is 8.78 Å². The van der Waals surface area contributed by atoms with Crippen molar-refractivity contribution in [1.29, 1.82) is 0 Å². The fraction of sp³-hybridized carbons (Fsp3) is 0.286. The Balaban J connectivity index is 3.21. The summed E-state index contributed by atoms with van der Waals surface area (Å²) in [6, 6.07) is 1.23. The third-order valence-electron chi connectivity index (χ3n) is 1.44. The first-order valence-electron chi connectivity index (χ1n) is 3.23. The topological polar surface area (TPSA) is 38.9 Å². The van der Waals surface area contributed by atoms with Gasteiger partial charge in [0.15, 0.2) is 0 Å². The average molecular weight is 237 g/mol. The Bertz CT molecular complexity index is 278. The number of rotatable bonds is 1. The molecule has 0 aliphatic rings. The lowest BCUT2D eigenvalue weighted by molar-refractivity contribution is 0.146. The summed E-state index contributed by atoms with van der Waals surface area (Å²) in [7, 11) is 0.